The van der Waals surface area contributed by atoms with Gasteiger partial charge in [0.2, 0.25) is 0 Å². The maximum Gasteiger partial charge on any atom is 0.123 e. The number of aryl methyl sites for hydroxylation is 1. The van der Waals surface area contributed by atoms with Crippen molar-refractivity contribution in [2.45, 2.75) is 104 Å². The maximum absolute atomic E-state index is 13.3. The van der Waals surface area contributed by atoms with Gasteiger partial charge in [-0.15, -0.1) is 0 Å². The molecule has 0 heterocycles. The fourth-order valence-corrected chi connectivity index (χ4v) is 4.29. The number of aliphatic hydroxyl groups excluding tert-OH is 1. The van der Waals surface area contributed by atoms with Gasteiger partial charge in [-0.1, -0.05) is 57.4 Å². The van der Waals surface area contributed by atoms with Crippen molar-refractivity contribution in [3.8, 4) is 0 Å². The third-order valence-electron chi connectivity index (χ3n) is 6.39. The van der Waals surface area contributed by atoms with Crippen LogP contribution in [-0.4, -0.2) is 11.2 Å². The van der Waals surface area contributed by atoms with Crippen molar-refractivity contribution in [2.75, 3.05) is 0 Å². The summed E-state index contributed by atoms with van der Waals surface area (Å²) in [6.45, 7) is 14.1. The first-order chi connectivity index (χ1) is 13.8. The second-order valence-corrected chi connectivity index (χ2v) is 8.59. The van der Waals surface area contributed by atoms with Gasteiger partial charge < -0.3 is 5.11 Å². The van der Waals surface area contributed by atoms with Gasteiger partial charge in [0, 0.05) is 31.1 Å². The molecule has 1 aromatic rings. The predicted octanol–water partition coefficient (Wildman–Crippen LogP) is 8.27. The van der Waals surface area contributed by atoms with Crippen molar-refractivity contribution in [2.24, 2.45) is 5.92 Å². The number of halogens is 1. The molecule has 0 aromatic heterocycles. The smallest absolute Gasteiger partial charge is 0.123 e. The van der Waals surface area contributed by atoms with Gasteiger partial charge in [-0.2, -0.15) is 0 Å². The zero-order valence-electron chi connectivity index (χ0n) is 19.9. The minimum Gasteiger partial charge on any atom is -0.393 e. The largest absolute Gasteiger partial charge is 0.393 e. The summed E-state index contributed by atoms with van der Waals surface area (Å²) >= 11 is 0. The summed E-state index contributed by atoms with van der Waals surface area (Å²) in [4.78, 5) is 0. The molecule has 1 aromatic carbocycles. The molecule has 1 unspecified atom stereocenters. The van der Waals surface area contributed by atoms with E-state index in [1.54, 1.807) is 19.1 Å². The van der Waals surface area contributed by atoms with E-state index < -0.39 is 0 Å². The van der Waals surface area contributed by atoms with Crippen molar-refractivity contribution >= 4 is 0 Å². The molecule has 30 heavy (non-hydrogen) atoms. The molecule has 0 bridgehead atoms. The normalized spacial score (nSPS) is 22.9. The van der Waals surface area contributed by atoms with Crippen LogP contribution < -0.4 is 0 Å². The fraction of sp³-hybridized carbons (Fsp3) is 0.630. The summed E-state index contributed by atoms with van der Waals surface area (Å²) in [7, 11) is 0. The molecule has 2 aliphatic rings. The zero-order valence-corrected chi connectivity index (χ0v) is 24.1. The van der Waals surface area contributed by atoms with Gasteiger partial charge in [-0.05, 0) is 100.0 Å². The zero-order chi connectivity index (χ0) is 21.8. The van der Waals surface area contributed by atoms with Gasteiger partial charge in [0.15, 0.2) is 0 Å². The third kappa shape index (κ3) is 10.3. The summed E-state index contributed by atoms with van der Waals surface area (Å²) in [5, 5.41) is 8.36. The number of hydrogen-bond acceptors (Lipinski definition) is 1. The van der Waals surface area contributed by atoms with Crippen LogP contribution in [0.15, 0.2) is 42.0 Å². The van der Waals surface area contributed by atoms with Crippen molar-refractivity contribution in [1.29, 1.82) is 0 Å². The molecule has 0 radical (unpaired) electrons. The van der Waals surface area contributed by atoms with E-state index in [9.17, 15) is 4.39 Å². The second kappa shape index (κ2) is 16.3. The van der Waals surface area contributed by atoms with Crippen molar-refractivity contribution < 1.29 is 40.6 Å². The topological polar surface area (TPSA) is 20.2 Å². The Morgan fingerprint density at radius 1 is 1.17 bits per heavy atom. The molecule has 3 rings (SSSR count). The molecule has 3 atom stereocenters. The van der Waals surface area contributed by atoms with Crippen molar-refractivity contribution in [3.05, 3.63) is 58.9 Å². The fourth-order valence-electron chi connectivity index (χ4n) is 4.29. The van der Waals surface area contributed by atoms with Crippen LogP contribution in [0.4, 0.5) is 4.39 Å². The first-order valence-electron chi connectivity index (χ1n) is 11.6. The van der Waals surface area contributed by atoms with Gasteiger partial charge in [0.25, 0.3) is 0 Å². The van der Waals surface area contributed by atoms with Crippen LogP contribution in [-0.2, 0) is 0 Å². The molecule has 1 N–H and O–H groups in total. The van der Waals surface area contributed by atoms with Gasteiger partial charge in [0.05, 0.1) is 6.10 Å². The molecule has 2 aliphatic carbocycles. The number of allylic oxidation sites excluding steroid dienone is 3. The molecule has 168 valence electrons. The van der Waals surface area contributed by atoms with E-state index in [4.69, 9.17) is 5.11 Å². The maximum atomic E-state index is 13.3. The first-order valence-corrected chi connectivity index (χ1v) is 11.6. The summed E-state index contributed by atoms with van der Waals surface area (Å²) < 4.78 is 13.3. The quantitative estimate of drug-likeness (QED) is 0.353. The van der Waals surface area contributed by atoms with E-state index in [0.717, 1.165) is 12.3 Å². The summed E-state index contributed by atoms with van der Waals surface area (Å²) in [5.41, 5.74) is 5.34. The molecule has 3 heteroatoms. The molecular weight excluding hydrogens is 597 g/mol. The number of benzene rings is 1. The van der Waals surface area contributed by atoms with E-state index in [1.807, 2.05) is 13.0 Å². The monoisotopic (exact) mass is 640 g/mol. The van der Waals surface area contributed by atoms with E-state index in [1.165, 1.54) is 73.6 Å². The van der Waals surface area contributed by atoms with E-state index in [2.05, 4.69) is 33.4 Å². The van der Waals surface area contributed by atoms with Crippen LogP contribution in [0.3, 0.4) is 0 Å². The third-order valence-corrected chi connectivity index (χ3v) is 6.39. The van der Waals surface area contributed by atoms with Gasteiger partial charge in [-0.25, -0.2) is 4.39 Å². The number of rotatable bonds is 3. The average molecular weight is 641 g/mol. The Morgan fingerprint density at radius 2 is 1.80 bits per heavy atom. The minimum absolute atomic E-state index is 0. The standard InChI is InChI=1S/C15H21F.C8H12.C4H10O.U/c1-3-12-6-4-5-7-14(12)15-10-13(16)9-8-11(15)2;1-3-8-6-4-5-7(8)2;1-3-4(2)5;/h8-10,12,14H,3-7H2,1-2H3;3H,2,4-6H2,1H3;4-5H,3H2,1-2H3;/b;8-3-;;/t12-,14-;;;/m0.../s1. The second-order valence-electron chi connectivity index (χ2n) is 8.59. The Labute approximate surface area is 209 Å². The Hall–Kier alpha value is -0.358. The SMILES string of the molecule is C=C1CCC/C1=C/C.CCC(C)O.CC[C@H]1CCCC[C@@H]1c1cc(F)ccc1C.[U]. The minimum atomic E-state index is -0.116. The summed E-state index contributed by atoms with van der Waals surface area (Å²) in [6, 6.07) is 5.25. The Kier molecular flexibility index (Phi) is 16.1. The van der Waals surface area contributed by atoms with Gasteiger partial charge in [-0.3, -0.25) is 0 Å². The molecule has 0 spiro atoms. The average Bonchev–Trinajstić information content (AvgIpc) is 3.15. The van der Waals surface area contributed by atoms with Crippen LogP contribution in [0, 0.1) is 49.8 Å². The van der Waals surface area contributed by atoms with Crippen molar-refractivity contribution in [1.82, 2.24) is 0 Å². The van der Waals surface area contributed by atoms with Crippen LogP contribution >= 0.6 is 0 Å². The number of hydrogen-bond donors (Lipinski definition) is 1. The van der Waals surface area contributed by atoms with Gasteiger partial charge in [0.1, 0.15) is 5.82 Å². The van der Waals surface area contributed by atoms with Crippen LogP contribution in [0.2, 0.25) is 0 Å². The molecule has 2 fully saturated rings. The molecule has 0 amide bonds. The molecule has 0 saturated heterocycles. The van der Waals surface area contributed by atoms with E-state index in [-0.39, 0.29) is 43.0 Å². The first kappa shape index (κ1) is 29.6. The number of aliphatic hydroxyl groups is 1. The summed E-state index contributed by atoms with van der Waals surface area (Å²) in [5.74, 6) is 1.27. The van der Waals surface area contributed by atoms with E-state index >= 15 is 0 Å². The van der Waals surface area contributed by atoms with Crippen LogP contribution in [0.5, 0.6) is 0 Å². The van der Waals surface area contributed by atoms with Crippen molar-refractivity contribution in [3.63, 3.8) is 0 Å². The Balaban J connectivity index is 0.000000504. The van der Waals surface area contributed by atoms with E-state index in [0.29, 0.717) is 5.92 Å². The van der Waals surface area contributed by atoms with Crippen LogP contribution in [0.1, 0.15) is 103 Å². The molecule has 1 nitrogen and oxygen atoms in total. The Morgan fingerprint density at radius 3 is 2.27 bits per heavy atom. The molecular formula is C27H43FOU. The predicted molar refractivity (Wildman–Crippen MR) is 125 cm³/mol. The summed E-state index contributed by atoms with van der Waals surface area (Å²) in [6.07, 6.45) is 13.2. The molecule has 0 aliphatic heterocycles. The Bertz CT molecular complexity index is 650. The van der Waals surface area contributed by atoms with Gasteiger partial charge >= 0.3 is 0 Å². The molecule has 2 saturated carbocycles. The van der Waals surface area contributed by atoms with Crippen LogP contribution in [0.25, 0.3) is 0 Å².